The van der Waals surface area contributed by atoms with Crippen LogP contribution in [0.4, 0.5) is 4.79 Å². The molecular weight excluding hydrogens is 250 g/mol. The number of nitrogens with zero attached hydrogens (tertiary/aromatic N) is 1. The maximum absolute atomic E-state index is 12.0. The summed E-state index contributed by atoms with van der Waals surface area (Å²) in [6.07, 6.45) is 2.94. The molecule has 1 aliphatic heterocycles. The fraction of sp³-hybridized carbons (Fsp3) is 0.588. The van der Waals surface area contributed by atoms with E-state index in [0.29, 0.717) is 18.4 Å². The van der Waals surface area contributed by atoms with Gasteiger partial charge in [-0.1, -0.05) is 50.6 Å². The van der Waals surface area contributed by atoms with Crippen LogP contribution >= 0.6 is 0 Å². The van der Waals surface area contributed by atoms with Gasteiger partial charge in [-0.25, -0.2) is 4.79 Å². The van der Waals surface area contributed by atoms with E-state index in [2.05, 4.69) is 26.0 Å². The lowest BCUT2D eigenvalue weighted by Gasteiger charge is -2.19. The van der Waals surface area contributed by atoms with E-state index in [1.165, 1.54) is 12.0 Å². The number of benzene rings is 1. The van der Waals surface area contributed by atoms with Gasteiger partial charge in [-0.15, -0.1) is 0 Å². The van der Waals surface area contributed by atoms with Gasteiger partial charge in [0.2, 0.25) is 0 Å². The summed E-state index contributed by atoms with van der Waals surface area (Å²) in [7, 11) is 0. The van der Waals surface area contributed by atoms with Gasteiger partial charge in [0.15, 0.2) is 0 Å². The van der Waals surface area contributed by atoms with Crippen LogP contribution in [0.25, 0.3) is 0 Å². The molecule has 0 saturated carbocycles. The highest BCUT2D eigenvalue weighted by Gasteiger charge is 2.29. The van der Waals surface area contributed by atoms with Gasteiger partial charge in [0.1, 0.15) is 0 Å². The molecule has 1 amide bonds. The summed E-state index contributed by atoms with van der Waals surface area (Å²) in [6.45, 7) is 6.66. The first-order valence-electron chi connectivity index (χ1n) is 7.66. The molecule has 2 rings (SSSR count). The zero-order valence-corrected chi connectivity index (χ0v) is 12.5. The minimum Gasteiger partial charge on any atom is -0.449 e. The highest BCUT2D eigenvalue weighted by Crippen LogP contribution is 2.26. The zero-order chi connectivity index (χ0) is 14.4. The Hall–Kier alpha value is -1.51. The molecule has 20 heavy (non-hydrogen) atoms. The van der Waals surface area contributed by atoms with E-state index in [-0.39, 0.29) is 6.09 Å². The molecule has 0 bridgehead atoms. The summed E-state index contributed by atoms with van der Waals surface area (Å²) in [4.78, 5) is 13.9. The minimum atomic E-state index is -0.147. The van der Waals surface area contributed by atoms with Crippen molar-refractivity contribution < 1.29 is 9.53 Å². The molecule has 110 valence electrons. The van der Waals surface area contributed by atoms with Crippen molar-refractivity contribution in [2.75, 3.05) is 19.7 Å². The molecule has 1 aromatic carbocycles. The Kier molecular flexibility index (Phi) is 5.45. The Balaban J connectivity index is 1.71. The molecule has 0 aromatic heterocycles. The van der Waals surface area contributed by atoms with Gasteiger partial charge in [0, 0.05) is 19.5 Å². The van der Waals surface area contributed by atoms with Crippen LogP contribution in [0.2, 0.25) is 0 Å². The van der Waals surface area contributed by atoms with Crippen molar-refractivity contribution in [1.82, 2.24) is 4.90 Å². The first-order valence-corrected chi connectivity index (χ1v) is 7.66. The molecule has 0 radical (unpaired) electrons. The fourth-order valence-electron chi connectivity index (χ4n) is 2.74. The molecule has 1 aromatic rings. The molecule has 2 atom stereocenters. The number of carbonyl (C=O) groups is 1. The van der Waals surface area contributed by atoms with E-state index in [1.807, 2.05) is 23.1 Å². The Bertz CT molecular complexity index is 418. The van der Waals surface area contributed by atoms with E-state index in [4.69, 9.17) is 4.74 Å². The van der Waals surface area contributed by atoms with Crippen LogP contribution in [0.5, 0.6) is 0 Å². The molecular formula is C17H25NO2. The van der Waals surface area contributed by atoms with Crippen LogP contribution in [0.3, 0.4) is 0 Å². The standard InChI is InChI=1S/C17H25NO2/c1-3-14(2)16-9-11-18(13-16)17(19)20-12-10-15-7-5-4-6-8-15/h4-8,14,16H,3,9-13H2,1-2H3. The predicted octanol–water partition coefficient (Wildman–Crippen LogP) is 3.73. The lowest BCUT2D eigenvalue weighted by Crippen LogP contribution is -2.30. The summed E-state index contributed by atoms with van der Waals surface area (Å²) in [5.74, 6) is 1.33. The van der Waals surface area contributed by atoms with Crippen LogP contribution in [0.15, 0.2) is 30.3 Å². The SMILES string of the molecule is CCC(C)C1CCN(C(=O)OCCc2ccccc2)C1. The zero-order valence-electron chi connectivity index (χ0n) is 12.5. The summed E-state index contributed by atoms with van der Waals surface area (Å²) in [6, 6.07) is 10.1. The number of hydrogen-bond acceptors (Lipinski definition) is 2. The maximum atomic E-state index is 12.0. The Morgan fingerprint density at radius 1 is 1.40 bits per heavy atom. The third kappa shape index (κ3) is 3.99. The van der Waals surface area contributed by atoms with Crippen molar-refractivity contribution in [1.29, 1.82) is 0 Å². The molecule has 3 heteroatoms. The van der Waals surface area contributed by atoms with Crippen LogP contribution in [-0.4, -0.2) is 30.7 Å². The molecule has 2 unspecified atom stereocenters. The average molecular weight is 275 g/mol. The normalized spacial score (nSPS) is 19.9. The number of ether oxygens (including phenoxy) is 1. The second kappa shape index (κ2) is 7.32. The van der Waals surface area contributed by atoms with E-state index in [9.17, 15) is 4.79 Å². The first-order chi connectivity index (χ1) is 9.70. The van der Waals surface area contributed by atoms with E-state index in [1.54, 1.807) is 0 Å². The summed E-state index contributed by atoms with van der Waals surface area (Å²) in [5.41, 5.74) is 1.21. The number of amides is 1. The van der Waals surface area contributed by atoms with E-state index >= 15 is 0 Å². The van der Waals surface area contributed by atoms with Gasteiger partial charge in [-0.3, -0.25) is 0 Å². The van der Waals surface area contributed by atoms with Gasteiger partial charge < -0.3 is 9.64 Å². The highest BCUT2D eigenvalue weighted by molar-refractivity contribution is 5.67. The third-order valence-corrected chi connectivity index (χ3v) is 4.39. The smallest absolute Gasteiger partial charge is 0.409 e. The Morgan fingerprint density at radius 3 is 2.85 bits per heavy atom. The topological polar surface area (TPSA) is 29.5 Å². The monoisotopic (exact) mass is 275 g/mol. The van der Waals surface area contributed by atoms with Gasteiger partial charge in [0.05, 0.1) is 6.61 Å². The van der Waals surface area contributed by atoms with Crippen molar-refractivity contribution >= 4 is 6.09 Å². The fourth-order valence-corrected chi connectivity index (χ4v) is 2.74. The van der Waals surface area contributed by atoms with E-state index < -0.39 is 0 Å². The molecule has 1 saturated heterocycles. The number of rotatable bonds is 5. The minimum absolute atomic E-state index is 0.147. The second-order valence-corrected chi connectivity index (χ2v) is 5.73. The van der Waals surface area contributed by atoms with Crippen molar-refractivity contribution in [3.8, 4) is 0 Å². The van der Waals surface area contributed by atoms with Crippen LogP contribution in [0, 0.1) is 11.8 Å². The van der Waals surface area contributed by atoms with Gasteiger partial charge in [-0.05, 0) is 23.8 Å². The predicted molar refractivity (Wildman–Crippen MR) is 80.6 cm³/mol. The van der Waals surface area contributed by atoms with Gasteiger partial charge >= 0.3 is 6.09 Å². The Morgan fingerprint density at radius 2 is 2.15 bits per heavy atom. The summed E-state index contributed by atoms with van der Waals surface area (Å²) >= 11 is 0. The summed E-state index contributed by atoms with van der Waals surface area (Å²) < 4.78 is 5.38. The number of hydrogen-bond donors (Lipinski definition) is 0. The van der Waals surface area contributed by atoms with Gasteiger partial charge in [0.25, 0.3) is 0 Å². The molecule has 1 heterocycles. The maximum Gasteiger partial charge on any atom is 0.409 e. The third-order valence-electron chi connectivity index (χ3n) is 4.39. The van der Waals surface area contributed by atoms with Crippen molar-refractivity contribution in [3.05, 3.63) is 35.9 Å². The molecule has 0 N–H and O–H groups in total. The van der Waals surface area contributed by atoms with Crippen molar-refractivity contribution in [2.45, 2.75) is 33.1 Å². The lowest BCUT2D eigenvalue weighted by atomic mass is 9.91. The quantitative estimate of drug-likeness (QED) is 0.819. The van der Waals surface area contributed by atoms with Crippen molar-refractivity contribution in [3.63, 3.8) is 0 Å². The second-order valence-electron chi connectivity index (χ2n) is 5.73. The largest absolute Gasteiger partial charge is 0.449 e. The molecule has 1 aliphatic rings. The Labute approximate surface area is 121 Å². The first kappa shape index (κ1) is 14.9. The highest BCUT2D eigenvalue weighted by atomic mass is 16.6. The average Bonchev–Trinajstić information content (AvgIpc) is 2.97. The molecule has 1 fully saturated rings. The summed E-state index contributed by atoms with van der Waals surface area (Å²) in [5, 5.41) is 0. The molecule has 0 aliphatic carbocycles. The van der Waals surface area contributed by atoms with Crippen LogP contribution < -0.4 is 0 Å². The molecule has 0 spiro atoms. The van der Waals surface area contributed by atoms with Crippen molar-refractivity contribution in [2.24, 2.45) is 11.8 Å². The van der Waals surface area contributed by atoms with Crippen LogP contribution in [-0.2, 0) is 11.2 Å². The van der Waals surface area contributed by atoms with Gasteiger partial charge in [-0.2, -0.15) is 0 Å². The van der Waals surface area contributed by atoms with E-state index in [0.717, 1.165) is 25.9 Å². The van der Waals surface area contributed by atoms with Crippen LogP contribution in [0.1, 0.15) is 32.3 Å². The number of carbonyl (C=O) groups excluding carboxylic acids is 1. The lowest BCUT2D eigenvalue weighted by molar-refractivity contribution is 0.109. The molecule has 3 nitrogen and oxygen atoms in total. The number of likely N-dealkylation sites (tertiary alicyclic amines) is 1.